The number of fused-ring (bicyclic) bond motifs is 3. The predicted molar refractivity (Wildman–Crippen MR) is 108 cm³/mol. The normalized spacial score (nSPS) is 8.94. The summed E-state index contributed by atoms with van der Waals surface area (Å²) in [4.78, 5) is 40.6. The number of nitrogens with zero attached hydrogens (tertiary/aromatic N) is 2. The number of carbonyl (C=O) groups is 3. The first-order valence-corrected chi connectivity index (χ1v) is 7.47. The van der Waals surface area contributed by atoms with Gasteiger partial charge in [-0.15, -0.1) is 0 Å². The second-order valence-corrected chi connectivity index (χ2v) is 5.28. The minimum absolute atomic E-state index is 0. The molecule has 2 heterocycles. The fourth-order valence-electron chi connectivity index (χ4n) is 2.47. The van der Waals surface area contributed by atoms with Crippen LogP contribution in [0.3, 0.4) is 0 Å². The minimum Gasteiger partial charge on any atom is -0.545 e. The summed E-state index contributed by atoms with van der Waals surface area (Å²) in [6, 6.07) is 11.9. The summed E-state index contributed by atoms with van der Waals surface area (Å²) in [5.74, 6) is -2.78. The van der Waals surface area contributed by atoms with Crippen LogP contribution in [0, 0.1) is 0 Å². The van der Waals surface area contributed by atoms with E-state index in [4.69, 9.17) is 0 Å². The molecule has 32 heavy (non-hydrogen) atoms. The Balaban J connectivity index is -0.000000208. The van der Waals surface area contributed by atoms with Crippen molar-refractivity contribution in [1.82, 2.24) is 9.97 Å². The molecule has 0 fully saturated rings. The molecule has 2 aromatic heterocycles. The van der Waals surface area contributed by atoms with E-state index in [1.54, 1.807) is 36.7 Å². The summed E-state index contributed by atoms with van der Waals surface area (Å²) >= 11 is 0. The number of hydrogen-bond donors (Lipinski definition) is 0. The molecule has 13 N–H and O–H groups in total. The van der Waals surface area contributed by atoms with Gasteiger partial charge in [0.2, 0.25) is 0 Å². The van der Waals surface area contributed by atoms with Crippen molar-refractivity contribution in [3.63, 3.8) is 0 Å². The average molecular weight is 552 g/mol. The molecule has 4 rings (SSSR count). The molecule has 0 unspecified atom stereocenters. The summed E-state index contributed by atoms with van der Waals surface area (Å²) in [7, 11) is 0. The number of carboxylic acids is 2. The summed E-state index contributed by atoms with van der Waals surface area (Å²) in [6.45, 7) is 0. The number of ketones is 1. The number of aromatic nitrogens is 2. The molecule has 1 aliphatic rings. The second kappa shape index (κ2) is 15.6. The molecular formula is C19H23CdN2O10+3. The summed E-state index contributed by atoms with van der Waals surface area (Å²) in [5, 5.41) is 20.5. The van der Waals surface area contributed by atoms with Crippen LogP contribution in [-0.2, 0) is 43.7 Å². The van der Waals surface area contributed by atoms with Crippen molar-refractivity contribution in [3.05, 3.63) is 83.2 Å². The third-order valence-corrected chi connectivity index (χ3v) is 3.66. The number of carbonyl (C=O) groups excluding carboxylic acids is 3. The Hall–Kier alpha value is -3.15. The maximum Gasteiger partial charge on any atom is 2.00 e. The Kier molecular flexibility index (Phi) is 17.7. The van der Waals surface area contributed by atoms with Crippen LogP contribution in [0.15, 0.2) is 60.9 Å². The van der Waals surface area contributed by atoms with Gasteiger partial charge in [-0.3, -0.25) is 14.8 Å². The first-order chi connectivity index (χ1) is 12.5. The first-order valence-electron chi connectivity index (χ1n) is 7.47. The monoisotopic (exact) mass is 553 g/mol. The molecule has 0 aliphatic heterocycles. The quantitative estimate of drug-likeness (QED) is 0.174. The van der Waals surface area contributed by atoms with Gasteiger partial charge in [-0.1, -0.05) is 18.2 Å². The van der Waals surface area contributed by atoms with Crippen LogP contribution < -0.4 is 10.2 Å². The molecule has 13 heteroatoms. The van der Waals surface area contributed by atoms with E-state index in [2.05, 4.69) is 9.97 Å². The Bertz CT molecular complexity index is 969. The van der Waals surface area contributed by atoms with Crippen molar-refractivity contribution < 1.29 is 79.3 Å². The van der Waals surface area contributed by atoms with Crippen LogP contribution in [0.5, 0.6) is 0 Å². The van der Waals surface area contributed by atoms with Gasteiger partial charge in [0, 0.05) is 12.4 Å². The SMILES string of the molecule is O.O.O=C([O-])c1cccc(C(=O)[O-])c1.O=C1c2cccnc2-c2ncccc21.[Cd+2].[OH3+].[OH3+].[OH3+]. The second-order valence-electron chi connectivity index (χ2n) is 5.28. The molecule has 12 nitrogen and oxygen atoms in total. The van der Waals surface area contributed by atoms with Crippen LogP contribution in [0.4, 0.5) is 0 Å². The molecule has 0 saturated heterocycles. The third kappa shape index (κ3) is 7.52. The molecule has 0 spiro atoms. The number of benzene rings is 1. The smallest absolute Gasteiger partial charge is 0.545 e. The molecule has 168 valence electrons. The van der Waals surface area contributed by atoms with Gasteiger partial charge in [-0.05, 0) is 41.5 Å². The zero-order valence-electron chi connectivity index (χ0n) is 16.6. The van der Waals surface area contributed by atoms with Gasteiger partial charge < -0.3 is 47.2 Å². The van der Waals surface area contributed by atoms with Crippen LogP contribution in [-0.4, -0.2) is 38.6 Å². The van der Waals surface area contributed by atoms with Gasteiger partial charge in [0.25, 0.3) is 0 Å². The Labute approximate surface area is 201 Å². The van der Waals surface area contributed by atoms with Crippen LogP contribution in [0.2, 0.25) is 0 Å². The minimum atomic E-state index is -1.40. The molecule has 0 amide bonds. The Morgan fingerprint density at radius 2 is 1.06 bits per heavy atom. The van der Waals surface area contributed by atoms with Crippen LogP contribution in [0.1, 0.15) is 36.6 Å². The largest absolute Gasteiger partial charge is 2.00 e. The van der Waals surface area contributed by atoms with E-state index in [0.29, 0.717) is 22.5 Å². The first kappa shape index (κ1) is 36.2. The van der Waals surface area contributed by atoms with E-state index < -0.39 is 11.9 Å². The fourth-order valence-corrected chi connectivity index (χ4v) is 2.47. The number of aromatic carboxylic acids is 2. The molecule has 0 radical (unpaired) electrons. The van der Waals surface area contributed by atoms with Crippen molar-refractivity contribution in [2.24, 2.45) is 0 Å². The average Bonchev–Trinajstić information content (AvgIpc) is 2.96. The van der Waals surface area contributed by atoms with E-state index in [1.807, 2.05) is 0 Å². The molecule has 0 bridgehead atoms. The Morgan fingerprint density at radius 1 is 0.688 bits per heavy atom. The van der Waals surface area contributed by atoms with Crippen molar-refractivity contribution in [2.45, 2.75) is 0 Å². The van der Waals surface area contributed by atoms with Gasteiger partial charge in [0.1, 0.15) is 11.4 Å². The van der Waals surface area contributed by atoms with E-state index >= 15 is 0 Å². The van der Waals surface area contributed by atoms with Crippen molar-refractivity contribution in [3.8, 4) is 11.4 Å². The molecular weight excluding hydrogens is 529 g/mol. The molecule has 1 aliphatic carbocycles. The topological polar surface area (TPSA) is 285 Å². The standard InChI is InChI=1S/C11H6N2O.C8H6O4.Cd.5H2O/c14-11-7-3-1-5-12-9(7)10-8(11)4-2-6-13-10;9-7(10)5-2-1-3-6(4-5)8(11)12;;;;;;/h1-6H;1-4H,(H,9,10)(H,11,12);;5*1H2/q;;+2;;;;;/p+1. The van der Waals surface area contributed by atoms with Crippen LogP contribution >= 0.6 is 0 Å². The zero-order chi connectivity index (χ0) is 18.7. The number of rotatable bonds is 2. The van der Waals surface area contributed by atoms with Crippen LogP contribution in [0.25, 0.3) is 11.4 Å². The number of carboxylic acid groups (broad SMARTS) is 2. The van der Waals surface area contributed by atoms with Crippen molar-refractivity contribution in [2.75, 3.05) is 0 Å². The maximum atomic E-state index is 11.8. The predicted octanol–water partition coefficient (Wildman–Crippen LogP) is -4.32. The number of pyridine rings is 2. The van der Waals surface area contributed by atoms with E-state index in [1.165, 1.54) is 18.2 Å². The summed E-state index contributed by atoms with van der Waals surface area (Å²) in [6.07, 6.45) is 3.35. The van der Waals surface area contributed by atoms with Gasteiger partial charge in [0.05, 0.1) is 23.1 Å². The molecule has 0 saturated carbocycles. The van der Waals surface area contributed by atoms with Gasteiger partial charge in [-0.2, -0.15) is 0 Å². The van der Waals surface area contributed by atoms with Gasteiger partial charge in [-0.25, -0.2) is 0 Å². The molecule has 3 aromatic rings. The van der Waals surface area contributed by atoms with Gasteiger partial charge in [0.15, 0.2) is 5.78 Å². The molecule has 1 aromatic carbocycles. The van der Waals surface area contributed by atoms with Crippen molar-refractivity contribution in [1.29, 1.82) is 0 Å². The van der Waals surface area contributed by atoms with E-state index in [9.17, 15) is 24.6 Å². The third-order valence-electron chi connectivity index (χ3n) is 3.66. The maximum absolute atomic E-state index is 11.8. The summed E-state index contributed by atoms with van der Waals surface area (Å²) < 4.78 is 0. The summed E-state index contributed by atoms with van der Waals surface area (Å²) in [5.41, 5.74) is 2.37. The van der Waals surface area contributed by atoms with E-state index in [-0.39, 0.29) is 71.6 Å². The zero-order valence-corrected chi connectivity index (χ0v) is 20.7. The van der Waals surface area contributed by atoms with E-state index in [0.717, 1.165) is 6.07 Å². The fraction of sp³-hybridized carbons (Fsp3) is 0. The number of hydrogen-bond acceptors (Lipinski definition) is 7. The van der Waals surface area contributed by atoms with Gasteiger partial charge >= 0.3 is 27.3 Å². The Morgan fingerprint density at radius 3 is 1.41 bits per heavy atom. The molecule has 0 atom stereocenters. The van der Waals surface area contributed by atoms with Crippen molar-refractivity contribution >= 4 is 17.7 Å².